The molecule has 4 aromatic rings. The molecule has 4 amide bonds. The van der Waals surface area contributed by atoms with Crippen molar-refractivity contribution >= 4 is 57.7 Å². The number of rotatable bonds is 20. The van der Waals surface area contributed by atoms with Crippen LogP contribution in [0, 0.1) is 17.6 Å². The molecule has 1 unspecified atom stereocenters. The summed E-state index contributed by atoms with van der Waals surface area (Å²) < 4.78 is 35.8. The second-order valence-electron chi connectivity index (χ2n) is 20.1. The number of hydrogen-bond donors (Lipinski definition) is 4. The molecule has 2 aromatic heterocycles. The fourth-order valence-corrected chi connectivity index (χ4v) is 11.6. The van der Waals surface area contributed by atoms with Crippen molar-refractivity contribution in [2.24, 2.45) is 10.9 Å². The van der Waals surface area contributed by atoms with Gasteiger partial charge < -0.3 is 40.7 Å². The number of hydrogen-bond acceptors (Lipinski definition) is 13. The molecule has 4 N–H and O–H groups in total. The average molecular weight is 1040 g/mol. The zero-order chi connectivity index (χ0) is 52.3. The highest BCUT2D eigenvalue weighted by molar-refractivity contribution is 8.14. The number of carbonyl (C=O) groups excluding carboxylic acids is 5. The Morgan fingerprint density at radius 2 is 1.66 bits per heavy atom. The van der Waals surface area contributed by atoms with Crippen LogP contribution in [0.1, 0.15) is 124 Å². The van der Waals surface area contributed by atoms with Crippen LogP contribution in [0.25, 0.3) is 5.65 Å². The highest BCUT2D eigenvalue weighted by atomic mass is 32.2. The van der Waals surface area contributed by atoms with E-state index in [4.69, 9.17) is 9.73 Å². The molecule has 74 heavy (non-hydrogen) atoms. The molecule has 4 aliphatic rings. The van der Waals surface area contributed by atoms with Gasteiger partial charge in [0.2, 0.25) is 17.7 Å². The number of nitrogens with one attached hydrogen (secondary N) is 4. The summed E-state index contributed by atoms with van der Waals surface area (Å²) in [5.41, 5.74) is 1.75. The van der Waals surface area contributed by atoms with Gasteiger partial charge in [0.25, 0.3) is 5.91 Å². The Morgan fingerprint density at radius 3 is 2.43 bits per heavy atom. The molecular weight excluding hydrogens is 969 g/mol. The smallest absolute Gasteiger partial charge is 0.259 e. The SMILES string of the molecule is CN[C@@H](C)C(=O)N[C@H](C(=O)N1CCC[C@H]1C1=NC(C(=O)c2ccc(F)cc2)CS1)C1CCN(CCCCCCCCC(=O)NCCN2C[C@H](C)Oc3ccc(F)cc3[C@@H](C)Nc3ccn4ncc(c4n3)C2=O)CC1. The number of unbranched alkanes of at least 4 members (excludes halogenated alkanes) is 5. The van der Waals surface area contributed by atoms with Gasteiger partial charge in [0.1, 0.15) is 47.0 Å². The predicted octanol–water partition coefficient (Wildman–Crippen LogP) is 6.44. The Balaban J connectivity index is 0.747. The number of nitrogens with zero attached hydrogens (tertiary/aromatic N) is 7. The summed E-state index contributed by atoms with van der Waals surface area (Å²) in [6.07, 6.45) is 12.2. The number of thioether (sulfide) groups is 1. The Hall–Kier alpha value is -5.99. The fourth-order valence-electron chi connectivity index (χ4n) is 10.4. The van der Waals surface area contributed by atoms with Crippen molar-refractivity contribution in [3.05, 3.63) is 89.2 Å². The minimum Gasteiger partial charge on any atom is -0.489 e. The number of benzene rings is 2. The van der Waals surface area contributed by atoms with Gasteiger partial charge in [-0.25, -0.2) is 18.3 Å². The van der Waals surface area contributed by atoms with Gasteiger partial charge in [0.05, 0.1) is 35.9 Å². The Kier molecular flexibility index (Phi) is 18.7. The van der Waals surface area contributed by atoms with Gasteiger partial charge in [-0.2, -0.15) is 5.10 Å². The van der Waals surface area contributed by atoms with Gasteiger partial charge in [-0.1, -0.05) is 25.7 Å². The first-order valence-corrected chi connectivity index (χ1v) is 27.4. The van der Waals surface area contributed by atoms with E-state index >= 15 is 0 Å². The Bertz CT molecular complexity index is 2650. The van der Waals surface area contributed by atoms with Gasteiger partial charge in [-0.15, -0.1) is 11.8 Å². The largest absolute Gasteiger partial charge is 0.489 e. The van der Waals surface area contributed by atoms with E-state index in [1.54, 1.807) is 41.7 Å². The van der Waals surface area contributed by atoms with E-state index in [2.05, 4.69) is 36.2 Å². The molecule has 398 valence electrons. The van der Waals surface area contributed by atoms with Crippen molar-refractivity contribution in [3.8, 4) is 5.75 Å². The van der Waals surface area contributed by atoms with Gasteiger partial charge in [-0.05, 0) is 140 Å². The highest BCUT2D eigenvalue weighted by Gasteiger charge is 2.42. The Labute approximate surface area is 436 Å². The third kappa shape index (κ3) is 13.6. The lowest BCUT2D eigenvalue weighted by Gasteiger charge is -2.38. The molecule has 2 bridgehead atoms. The number of aromatic nitrogens is 3. The predicted molar refractivity (Wildman–Crippen MR) is 282 cm³/mol. The van der Waals surface area contributed by atoms with Crippen LogP contribution in [0.3, 0.4) is 0 Å². The van der Waals surface area contributed by atoms with E-state index in [9.17, 15) is 32.8 Å². The molecule has 8 rings (SSSR count). The van der Waals surface area contributed by atoms with Crippen LogP contribution in [-0.2, 0) is 14.4 Å². The van der Waals surface area contributed by atoms with E-state index in [-0.39, 0.29) is 72.9 Å². The second kappa shape index (κ2) is 25.5. The van der Waals surface area contributed by atoms with Gasteiger partial charge in [0, 0.05) is 49.1 Å². The maximum Gasteiger partial charge on any atom is 0.259 e. The summed E-state index contributed by atoms with van der Waals surface area (Å²) in [6.45, 7) is 9.45. The van der Waals surface area contributed by atoms with Crippen LogP contribution >= 0.6 is 11.8 Å². The quantitative estimate of drug-likeness (QED) is 0.0560. The number of anilines is 1. The number of amides is 4. The van der Waals surface area contributed by atoms with Crippen LogP contribution in [0.4, 0.5) is 14.6 Å². The molecular formula is C54H71F2N11O6S. The number of Topliss-reactive ketones (excluding diaryl/α,β-unsaturated/α-hetero) is 1. The maximum atomic E-state index is 14.5. The van der Waals surface area contributed by atoms with Gasteiger partial charge in [0.15, 0.2) is 11.4 Å². The minimum atomic E-state index is -0.667. The number of likely N-dealkylation sites (tertiary alicyclic amines) is 2. The van der Waals surface area contributed by atoms with Crippen molar-refractivity contribution in [2.75, 3.05) is 63.9 Å². The standard InChI is InChI=1S/C54H71F2N11O6S/c1-34-32-65(53(71)42-31-59-67-28-22-46(62-50(42)67)60-35(2)41-30-40(56)18-19-45(41)73-34)29-23-58-47(68)13-9-7-5-6-8-10-24-64-26-20-37(21-27-64)48(63-51(70)36(3)57-4)54(72)66-25-11-12-44(66)52-61-43(33-74-52)49(69)38-14-16-39(55)17-15-38/h14-19,22,28,30-31,34-37,43-44,48,57H,5-13,20-21,23-27,29,32-33H2,1-4H3,(H,58,68)(H,60,62)(H,63,70)/t34-,35+,36-,43?,44-,48-/m0/s1. The molecule has 0 aliphatic carbocycles. The summed E-state index contributed by atoms with van der Waals surface area (Å²) in [5.74, 6) is -0.158. The van der Waals surface area contributed by atoms with Crippen molar-refractivity contribution in [3.63, 3.8) is 0 Å². The Morgan fingerprint density at radius 1 is 0.919 bits per heavy atom. The van der Waals surface area contributed by atoms with Crippen molar-refractivity contribution in [1.29, 1.82) is 0 Å². The molecule has 4 aliphatic heterocycles. The third-order valence-corrected chi connectivity index (χ3v) is 15.9. The average Bonchev–Trinajstić information content (AvgIpc) is 4.19. The fraction of sp³-hybridized carbons (Fsp3) is 0.556. The molecule has 0 radical (unpaired) electrons. The van der Waals surface area contributed by atoms with E-state index in [0.717, 1.165) is 88.9 Å². The summed E-state index contributed by atoms with van der Waals surface area (Å²) >= 11 is 1.50. The number of piperidine rings is 1. The number of likely N-dealkylation sites (N-methyl/N-ethyl adjacent to an activating group) is 1. The zero-order valence-electron chi connectivity index (χ0n) is 43.0. The highest BCUT2D eigenvalue weighted by Crippen LogP contribution is 2.34. The van der Waals surface area contributed by atoms with E-state index in [1.165, 1.54) is 54.4 Å². The number of ether oxygens (including phenoxy) is 1. The number of carbonyl (C=O) groups is 5. The molecule has 20 heteroatoms. The lowest BCUT2D eigenvalue weighted by Crippen LogP contribution is -2.58. The molecule has 2 fully saturated rings. The first-order valence-electron chi connectivity index (χ1n) is 26.4. The van der Waals surface area contributed by atoms with Crippen molar-refractivity contribution in [2.45, 2.75) is 128 Å². The zero-order valence-corrected chi connectivity index (χ0v) is 43.8. The number of ketones is 1. The monoisotopic (exact) mass is 1040 g/mol. The van der Waals surface area contributed by atoms with Gasteiger partial charge in [-0.3, -0.25) is 29.0 Å². The maximum absolute atomic E-state index is 14.5. The molecule has 6 heterocycles. The molecule has 0 saturated carbocycles. The van der Waals surface area contributed by atoms with Crippen LogP contribution in [0.2, 0.25) is 0 Å². The molecule has 2 aromatic carbocycles. The second-order valence-corrected chi connectivity index (χ2v) is 21.2. The third-order valence-electron chi connectivity index (χ3n) is 14.7. The van der Waals surface area contributed by atoms with Crippen LogP contribution in [0.15, 0.2) is 65.9 Å². The molecule has 0 spiro atoms. The van der Waals surface area contributed by atoms with Crippen molar-refractivity contribution < 1.29 is 37.5 Å². The summed E-state index contributed by atoms with van der Waals surface area (Å²) in [5, 5.41) is 17.5. The summed E-state index contributed by atoms with van der Waals surface area (Å²) in [4.78, 5) is 83.4. The van der Waals surface area contributed by atoms with E-state index in [0.29, 0.717) is 52.6 Å². The first-order chi connectivity index (χ1) is 35.8. The van der Waals surface area contributed by atoms with Gasteiger partial charge >= 0.3 is 0 Å². The number of halogens is 2. The lowest BCUT2D eigenvalue weighted by atomic mass is 9.88. The minimum absolute atomic E-state index is 0.0198. The lowest BCUT2D eigenvalue weighted by molar-refractivity contribution is -0.138. The summed E-state index contributed by atoms with van der Waals surface area (Å²) in [7, 11) is 1.72. The van der Waals surface area contributed by atoms with Crippen LogP contribution in [-0.4, -0.2) is 153 Å². The molecule has 6 atom stereocenters. The van der Waals surface area contributed by atoms with Crippen molar-refractivity contribution in [1.82, 2.24) is 45.2 Å². The topological polar surface area (TPSA) is 195 Å². The molecule has 2 saturated heterocycles. The van der Waals surface area contributed by atoms with Crippen LogP contribution in [0.5, 0.6) is 5.75 Å². The molecule has 17 nitrogen and oxygen atoms in total. The normalized spacial score (nSPS) is 21.4. The number of aliphatic imine (C=N–C) groups is 1. The first kappa shape index (κ1) is 54.3. The number of fused-ring (bicyclic) bond motifs is 2. The van der Waals surface area contributed by atoms with E-state index in [1.807, 2.05) is 18.7 Å². The van der Waals surface area contributed by atoms with Crippen LogP contribution < -0.4 is 26.0 Å². The summed E-state index contributed by atoms with van der Waals surface area (Å²) in [6, 6.07) is 9.33. The van der Waals surface area contributed by atoms with E-state index < -0.39 is 30.0 Å².